The van der Waals surface area contributed by atoms with E-state index < -0.39 is 0 Å². The van der Waals surface area contributed by atoms with Crippen molar-refractivity contribution in [3.63, 3.8) is 0 Å². The molecule has 1 saturated carbocycles. The molecule has 1 aromatic carbocycles. The minimum absolute atomic E-state index is 0.117. The van der Waals surface area contributed by atoms with Crippen molar-refractivity contribution in [2.45, 2.75) is 25.8 Å². The molecule has 1 fully saturated rings. The smallest absolute Gasteiger partial charge is 0.254 e. The minimum atomic E-state index is 0.117. The number of aryl methyl sites for hydroxylation is 1. The highest BCUT2D eigenvalue weighted by Crippen LogP contribution is 2.28. The highest BCUT2D eigenvalue weighted by molar-refractivity contribution is 6.18. The molecule has 1 aromatic rings. The van der Waals surface area contributed by atoms with E-state index in [2.05, 4.69) is 0 Å². The summed E-state index contributed by atoms with van der Waals surface area (Å²) in [4.78, 5) is 14.1. The topological polar surface area (TPSA) is 20.3 Å². The van der Waals surface area contributed by atoms with Gasteiger partial charge in [0.1, 0.15) is 0 Å². The van der Waals surface area contributed by atoms with Crippen LogP contribution in [0.1, 0.15) is 28.8 Å². The first-order valence-corrected chi connectivity index (χ1v) is 6.19. The molecule has 0 saturated heterocycles. The predicted molar refractivity (Wildman–Crippen MR) is 66.0 cm³/mol. The zero-order chi connectivity index (χ0) is 11.5. The van der Waals surface area contributed by atoms with Gasteiger partial charge in [0.25, 0.3) is 5.91 Å². The summed E-state index contributed by atoms with van der Waals surface area (Å²) in [6.45, 7) is 2.65. The lowest BCUT2D eigenvalue weighted by Crippen LogP contribution is -2.34. The van der Waals surface area contributed by atoms with Crippen molar-refractivity contribution in [2.75, 3.05) is 12.4 Å². The van der Waals surface area contributed by atoms with E-state index in [-0.39, 0.29) is 5.91 Å². The molecule has 0 spiro atoms. The van der Waals surface area contributed by atoms with Gasteiger partial charge in [-0.3, -0.25) is 4.79 Å². The van der Waals surface area contributed by atoms with E-state index in [9.17, 15) is 4.79 Å². The molecule has 2 nitrogen and oxygen atoms in total. The lowest BCUT2D eigenvalue weighted by molar-refractivity contribution is 0.0753. The fourth-order valence-electron chi connectivity index (χ4n) is 1.87. The Morgan fingerprint density at radius 2 is 2.25 bits per heavy atom. The average molecular weight is 238 g/mol. The third kappa shape index (κ3) is 2.56. The second kappa shape index (κ2) is 4.88. The van der Waals surface area contributed by atoms with Crippen molar-refractivity contribution >= 4 is 17.5 Å². The minimum Gasteiger partial charge on any atom is -0.334 e. The number of hydrogen-bond donors (Lipinski definition) is 0. The Morgan fingerprint density at radius 3 is 2.81 bits per heavy atom. The number of amides is 1. The summed E-state index contributed by atoms with van der Waals surface area (Å²) in [6, 6.07) is 8.16. The third-order valence-electron chi connectivity index (χ3n) is 2.84. The van der Waals surface area contributed by atoms with Crippen LogP contribution in [0.2, 0.25) is 0 Å². The Kier molecular flexibility index (Phi) is 3.49. The summed E-state index contributed by atoms with van der Waals surface area (Å²) < 4.78 is 0. The van der Waals surface area contributed by atoms with Gasteiger partial charge < -0.3 is 4.90 Å². The molecular weight excluding hydrogens is 222 g/mol. The van der Waals surface area contributed by atoms with Crippen LogP contribution in [-0.2, 0) is 0 Å². The maximum atomic E-state index is 12.2. The van der Waals surface area contributed by atoms with E-state index in [1.807, 2.05) is 36.1 Å². The Balaban J connectivity index is 2.15. The maximum absolute atomic E-state index is 12.2. The van der Waals surface area contributed by atoms with Crippen molar-refractivity contribution in [1.29, 1.82) is 0 Å². The van der Waals surface area contributed by atoms with Gasteiger partial charge >= 0.3 is 0 Å². The molecule has 1 amide bonds. The highest BCUT2D eigenvalue weighted by atomic mass is 35.5. The number of rotatable bonds is 4. The van der Waals surface area contributed by atoms with Crippen molar-refractivity contribution in [1.82, 2.24) is 4.90 Å². The van der Waals surface area contributed by atoms with Crippen molar-refractivity contribution in [3.8, 4) is 0 Å². The van der Waals surface area contributed by atoms with E-state index in [0.717, 1.165) is 24.0 Å². The summed E-state index contributed by atoms with van der Waals surface area (Å²) >= 11 is 5.74. The Hall–Kier alpha value is -1.02. The molecule has 0 aliphatic heterocycles. The maximum Gasteiger partial charge on any atom is 0.254 e. The normalized spacial score (nSPS) is 14.9. The van der Waals surface area contributed by atoms with E-state index in [1.165, 1.54) is 0 Å². The molecule has 3 heteroatoms. The number of carbonyl (C=O) groups excluding carboxylic acids is 1. The van der Waals surface area contributed by atoms with Crippen LogP contribution in [0.4, 0.5) is 0 Å². The second-order valence-electron chi connectivity index (χ2n) is 4.29. The van der Waals surface area contributed by atoms with Crippen LogP contribution in [-0.4, -0.2) is 29.3 Å². The molecule has 0 N–H and O–H groups in total. The fraction of sp³-hybridized carbons (Fsp3) is 0.462. The van der Waals surface area contributed by atoms with Gasteiger partial charge in [-0.25, -0.2) is 0 Å². The summed E-state index contributed by atoms with van der Waals surface area (Å²) in [7, 11) is 0. The largest absolute Gasteiger partial charge is 0.334 e. The standard InChI is InChI=1S/C13H16ClNO/c1-10-3-2-4-11(9-10)13(16)15(8-7-14)12-5-6-12/h2-4,9,12H,5-8H2,1H3. The molecule has 0 heterocycles. The molecule has 0 aromatic heterocycles. The van der Waals surface area contributed by atoms with Gasteiger partial charge in [0.2, 0.25) is 0 Å². The number of hydrogen-bond acceptors (Lipinski definition) is 1. The number of carbonyl (C=O) groups is 1. The van der Waals surface area contributed by atoms with Crippen LogP contribution in [0.25, 0.3) is 0 Å². The van der Waals surface area contributed by atoms with Crippen molar-refractivity contribution in [3.05, 3.63) is 35.4 Å². The van der Waals surface area contributed by atoms with Gasteiger partial charge in [0.05, 0.1) is 0 Å². The van der Waals surface area contributed by atoms with E-state index in [1.54, 1.807) is 0 Å². The molecule has 0 bridgehead atoms. The van der Waals surface area contributed by atoms with E-state index >= 15 is 0 Å². The lowest BCUT2D eigenvalue weighted by atomic mass is 10.1. The molecule has 2 rings (SSSR count). The third-order valence-corrected chi connectivity index (χ3v) is 3.01. The monoisotopic (exact) mass is 237 g/mol. The van der Waals surface area contributed by atoms with Gasteiger partial charge in [-0.2, -0.15) is 0 Å². The molecule has 0 unspecified atom stereocenters. The van der Waals surface area contributed by atoms with Crippen LogP contribution in [0.5, 0.6) is 0 Å². The first kappa shape index (κ1) is 11.5. The van der Waals surface area contributed by atoms with Gasteiger partial charge in [-0.1, -0.05) is 17.7 Å². The van der Waals surface area contributed by atoms with Crippen LogP contribution in [0.3, 0.4) is 0 Å². The second-order valence-corrected chi connectivity index (χ2v) is 4.67. The van der Waals surface area contributed by atoms with Gasteiger partial charge in [0, 0.05) is 24.0 Å². The molecule has 0 atom stereocenters. The van der Waals surface area contributed by atoms with Crippen LogP contribution in [0, 0.1) is 6.92 Å². The summed E-state index contributed by atoms with van der Waals surface area (Å²) in [5.74, 6) is 0.625. The lowest BCUT2D eigenvalue weighted by Gasteiger charge is -2.21. The molecule has 16 heavy (non-hydrogen) atoms. The highest BCUT2D eigenvalue weighted by Gasteiger charge is 2.32. The Bertz CT molecular complexity index is 387. The van der Waals surface area contributed by atoms with Gasteiger partial charge in [-0.15, -0.1) is 11.6 Å². The number of halogens is 1. The first-order chi connectivity index (χ1) is 7.72. The van der Waals surface area contributed by atoms with Crippen molar-refractivity contribution < 1.29 is 4.79 Å². The first-order valence-electron chi connectivity index (χ1n) is 5.66. The van der Waals surface area contributed by atoms with Crippen LogP contribution < -0.4 is 0 Å². The Labute approximate surface area is 101 Å². The quantitative estimate of drug-likeness (QED) is 0.738. The summed E-state index contributed by atoms with van der Waals surface area (Å²) in [5, 5.41) is 0. The van der Waals surface area contributed by atoms with Gasteiger partial charge in [0.15, 0.2) is 0 Å². The van der Waals surface area contributed by atoms with E-state index in [4.69, 9.17) is 11.6 Å². The summed E-state index contributed by atoms with van der Waals surface area (Å²) in [5.41, 5.74) is 1.89. The summed E-state index contributed by atoms with van der Waals surface area (Å²) in [6.07, 6.45) is 2.24. The molecular formula is C13H16ClNO. The Morgan fingerprint density at radius 1 is 1.50 bits per heavy atom. The SMILES string of the molecule is Cc1cccc(C(=O)N(CCCl)C2CC2)c1. The average Bonchev–Trinajstić information content (AvgIpc) is 3.09. The van der Waals surface area contributed by atoms with Crippen LogP contribution in [0.15, 0.2) is 24.3 Å². The number of nitrogens with zero attached hydrogens (tertiary/aromatic N) is 1. The number of alkyl halides is 1. The van der Waals surface area contributed by atoms with E-state index in [0.29, 0.717) is 18.5 Å². The molecule has 86 valence electrons. The fourth-order valence-corrected chi connectivity index (χ4v) is 2.05. The van der Waals surface area contributed by atoms with Crippen molar-refractivity contribution in [2.24, 2.45) is 0 Å². The zero-order valence-corrected chi connectivity index (χ0v) is 10.2. The molecule has 0 radical (unpaired) electrons. The predicted octanol–water partition coefficient (Wildman–Crippen LogP) is 2.84. The molecule has 1 aliphatic rings. The molecule has 1 aliphatic carbocycles. The van der Waals surface area contributed by atoms with Crippen LogP contribution >= 0.6 is 11.6 Å². The van der Waals surface area contributed by atoms with Gasteiger partial charge in [-0.05, 0) is 31.9 Å². The number of benzene rings is 1. The zero-order valence-electron chi connectivity index (χ0n) is 9.45.